The number of nitrogens with zero attached hydrogens (tertiary/aromatic N) is 1. The minimum absolute atomic E-state index is 0.00231. The zero-order valence-electron chi connectivity index (χ0n) is 17.0. The first-order chi connectivity index (χ1) is 15.5. The summed E-state index contributed by atoms with van der Waals surface area (Å²) in [5.74, 6) is -0.0188. The van der Waals surface area contributed by atoms with Crippen LogP contribution >= 0.6 is 31.9 Å². The summed E-state index contributed by atoms with van der Waals surface area (Å²) in [6, 6.07) is 20.2. The normalized spacial score (nSPS) is 14.6. The number of benzene rings is 3. The van der Waals surface area contributed by atoms with Crippen LogP contribution in [0.1, 0.15) is 11.1 Å². The van der Waals surface area contributed by atoms with E-state index in [2.05, 4.69) is 37.3 Å². The third-order valence-corrected chi connectivity index (χ3v) is 5.76. The van der Waals surface area contributed by atoms with E-state index in [1.807, 2.05) is 30.3 Å². The first-order valence-corrected chi connectivity index (χ1v) is 11.2. The molecule has 0 saturated carbocycles. The summed E-state index contributed by atoms with van der Waals surface area (Å²) in [4.78, 5) is 25.6. The van der Waals surface area contributed by atoms with Gasteiger partial charge >= 0.3 is 0 Å². The Bertz CT molecular complexity index is 1190. The lowest BCUT2D eigenvalue weighted by Crippen LogP contribution is -2.35. The summed E-state index contributed by atoms with van der Waals surface area (Å²) in [6.07, 6.45) is 1.52. The van der Waals surface area contributed by atoms with E-state index in [0.29, 0.717) is 22.7 Å². The van der Waals surface area contributed by atoms with E-state index in [9.17, 15) is 9.59 Å². The van der Waals surface area contributed by atoms with Crippen LogP contribution in [0.3, 0.4) is 0 Å². The van der Waals surface area contributed by atoms with Crippen molar-refractivity contribution in [2.24, 2.45) is 0 Å². The number of anilines is 1. The predicted octanol–water partition coefficient (Wildman–Crippen LogP) is 5.26. The lowest BCUT2D eigenvalue weighted by molar-refractivity contribution is -0.117. The second kappa shape index (κ2) is 9.58. The van der Waals surface area contributed by atoms with Gasteiger partial charge in [0.2, 0.25) is 0 Å². The lowest BCUT2D eigenvalue weighted by atomic mass is 10.1. The number of nitrogens with one attached hydrogen (secondary N) is 1. The Morgan fingerprint density at radius 1 is 0.969 bits per heavy atom. The van der Waals surface area contributed by atoms with E-state index in [1.165, 1.54) is 18.2 Å². The molecule has 1 aliphatic heterocycles. The van der Waals surface area contributed by atoms with Crippen LogP contribution in [0.25, 0.3) is 6.08 Å². The molecule has 0 unspecified atom stereocenters. The summed E-state index contributed by atoms with van der Waals surface area (Å²) in [7, 11) is 1.54. The molecule has 0 bridgehead atoms. The summed E-state index contributed by atoms with van der Waals surface area (Å²) < 4.78 is 13.3. The van der Waals surface area contributed by atoms with Gasteiger partial charge in [0.1, 0.15) is 12.2 Å². The predicted molar refractivity (Wildman–Crippen MR) is 129 cm³/mol. The lowest BCUT2D eigenvalue weighted by Gasteiger charge is -2.15. The fourth-order valence-corrected chi connectivity index (χ4v) is 3.93. The van der Waals surface area contributed by atoms with E-state index < -0.39 is 11.8 Å². The molecule has 3 aromatic carbocycles. The van der Waals surface area contributed by atoms with Crippen LogP contribution in [0.15, 0.2) is 81.2 Å². The number of amides is 2. The van der Waals surface area contributed by atoms with Crippen molar-refractivity contribution in [3.63, 3.8) is 0 Å². The Kier molecular flexibility index (Phi) is 6.62. The van der Waals surface area contributed by atoms with Crippen LogP contribution in [0, 0.1) is 0 Å². The molecule has 0 aromatic heterocycles. The number of hydrogen-bond acceptors (Lipinski definition) is 4. The average molecular weight is 558 g/mol. The minimum Gasteiger partial charge on any atom is -0.493 e. The third-order valence-electron chi connectivity index (χ3n) is 4.77. The Labute approximate surface area is 202 Å². The second-order valence-electron chi connectivity index (χ2n) is 6.92. The van der Waals surface area contributed by atoms with Gasteiger partial charge in [-0.3, -0.25) is 15.0 Å². The van der Waals surface area contributed by atoms with Gasteiger partial charge < -0.3 is 9.47 Å². The first kappa shape index (κ1) is 22.1. The Hall–Kier alpha value is -3.10. The van der Waals surface area contributed by atoms with Gasteiger partial charge in [-0.2, -0.15) is 0 Å². The Balaban J connectivity index is 1.68. The van der Waals surface area contributed by atoms with Crippen LogP contribution in [0.4, 0.5) is 5.69 Å². The van der Waals surface area contributed by atoms with Gasteiger partial charge in [-0.05, 0) is 48.0 Å². The highest BCUT2D eigenvalue weighted by atomic mass is 79.9. The smallest absolute Gasteiger partial charge is 0.282 e. The molecule has 1 saturated heterocycles. The van der Waals surface area contributed by atoms with Crippen molar-refractivity contribution >= 4 is 55.4 Å². The number of hydrazine groups is 1. The van der Waals surface area contributed by atoms with Crippen LogP contribution < -0.4 is 19.9 Å². The molecule has 32 heavy (non-hydrogen) atoms. The molecule has 1 fully saturated rings. The summed E-state index contributed by atoms with van der Waals surface area (Å²) in [6.45, 7) is 0.289. The molecule has 1 heterocycles. The number of carbonyl (C=O) groups is 2. The fraction of sp³-hybridized carbons (Fsp3) is 0.0833. The number of methoxy groups -OCH3 is 1. The van der Waals surface area contributed by atoms with Crippen molar-refractivity contribution in [1.82, 2.24) is 5.43 Å². The maximum Gasteiger partial charge on any atom is 0.282 e. The van der Waals surface area contributed by atoms with Crippen LogP contribution in [0.5, 0.6) is 11.5 Å². The molecule has 1 aliphatic rings. The summed E-state index contributed by atoms with van der Waals surface area (Å²) in [5.41, 5.74) is 4.69. The van der Waals surface area contributed by atoms with E-state index >= 15 is 0 Å². The molecule has 2 amide bonds. The summed E-state index contributed by atoms with van der Waals surface area (Å²) in [5, 5.41) is 1.23. The first-order valence-electron chi connectivity index (χ1n) is 9.63. The molecule has 0 spiro atoms. The van der Waals surface area contributed by atoms with Crippen molar-refractivity contribution in [3.05, 3.63) is 92.4 Å². The highest BCUT2D eigenvalue weighted by Gasteiger charge is 2.34. The van der Waals surface area contributed by atoms with Crippen molar-refractivity contribution in [1.29, 1.82) is 0 Å². The van der Waals surface area contributed by atoms with Gasteiger partial charge in [0, 0.05) is 14.5 Å². The van der Waals surface area contributed by atoms with Crippen molar-refractivity contribution < 1.29 is 19.1 Å². The highest BCUT2D eigenvalue weighted by Crippen LogP contribution is 2.37. The van der Waals surface area contributed by atoms with Gasteiger partial charge in [0.05, 0.1) is 12.8 Å². The molecule has 162 valence electrons. The maximum atomic E-state index is 13.0. The summed E-state index contributed by atoms with van der Waals surface area (Å²) >= 11 is 6.87. The van der Waals surface area contributed by atoms with E-state index in [4.69, 9.17) is 9.47 Å². The van der Waals surface area contributed by atoms with Gasteiger partial charge in [0.15, 0.2) is 11.5 Å². The minimum atomic E-state index is -0.489. The molecular formula is C24H18Br2N2O4. The SMILES string of the molecule is COc1cc(Br)cc(/C=C2/C(=O)NN(c3ccccc3)C2=O)c1OCc1ccc(Br)cc1. The number of carbonyl (C=O) groups excluding carboxylic acids is 2. The Morgan fingerprint density at radius 2 is 1.69 bits per heavy atom. The standard InChI is InChI=1S/C24H18Br2N2O4/c1-31-21-13-18(26)11-16(22(21)32-14-15-7-9-17(25)10-8-15)12-20-23(29)27-28(24(20)30)19-5-3-2-4-6-19/h2-13H,14H2,1H3,(H,27,29)/b20-12-. The topological polar surface area (TPSA) is 67.9 Å². The number of para-hydroxylation sites is 1. The number of rotatable bonds is 6. The molecule has 0 atom stereocenters. The Morgan fingerprint density at radius 3 is 2.38 bits per heavy atom. The van der Waals surface area contributed by atoms with Gasteiger partial charge in [0.25, 0.3) is 11.8 Å². The van der Waals surface area contributed by atoms with Gasteiger partial charge in [-0.15, -0.1) is 0 Å². The monoisotopic (exact) mass is 556 g/mol. The third kappa shape index (κ3) is 4.71. The molecule has 1 N–H and O–H groups in total. The molecular weight excluding hydrogens is 540 g/mol. The molecule has 0 radical (unpaired) electrons. The molecule has 0 aliphatic carbocycles. The molecule has 4 rings (SSSR count). The largest absolute Gasteiger partial charge is 0.493 e. The van der Waals surface area contributed by atoms with E-state index in [-0.39, 0.29) is 12.2 Å². The number of hydrogen-bond donors (Lipinski definition) is 1. The van der Waals surface area contributed by atoms with Crippen molar-refractivity contribution in [3.8, 4) is 11.5 Å². The van der Waals surface area contributed by atoms with Crippen LogP contribution in [-0.4, -0.2) is 18.9 Å². The zero-order valence-corrected chi connectivity index (χ0v) is 20.1. The van der Waals surface area contributed by atoms with E-state index in [1.54, 1.807) is 36.4 Å². The van der Waals surface area contributed by atoms with E-state index in [0.717, 1.165) is 14.5 Å². The van der Waals surface area contributed by atoms with Crippen LogP contribution in [0.2, 0.25) is 0 Å². The van der Waals surface area contributed by atoms with Crippen molar-refractivity contribution in [2.45, 2.75) is 6.61 Å². The van der Waals surface area contributed by atoms with Gasteiger partial charge in [-0.25, -0.2) is 5.01 Å². The number of halogens is 2. The molecule has 8 heteroatoms. The molecule has 3 aromatic rings. The van der Waals surface area contributed by atoms with Crippen LogP contribution in [-0.2, 0) is 16.2 Å². The molecule has 6 nitrogen and oxygen atoms in total. The quantitative estimate of drug-likeness (QED) is 0.331. The highest BCUT2D eigenvalue weighted by molar-refractivity contribution is 9.10. The van der Waals surface area contributed by atoms with Crippen molar-refractivity contribution in [2.75, 3.05) is 12.1 Å². The fourth-order valence-electron chi connectivity index (χ4n) is 3.21. The second-order valence-corrected chi connectivity index (χ2v) is 8.75. The zero-order chi connectivity index (χ0) is 22.7. The maximum absolute atomic E-state index is 13.0. The average Bonchev–Trinajstić information content (AvgIpc) is 3.08. The van der Waals surface area contributed by atoms with Gasteiger partial charge in [-0.1, -0.05) is 62.2 Å². The number of ether oxygens (including phenoxy) is 2.